The van der Waals surface area contributed by atoms with Crippen LogP contribution in [0.15, 0.2) is 40.8 Å². The van der Waals surface area contributed by atoms with Crippen LogP contribution < -0.4 is 10.7 Å². The van der Waals surface area contributed by atoms with Gasteiger partial charge in [0.1, 0.15) is 15.7 Å². The third-order valence-corrected chi connectivity index (χ3v) is 4.26. The maximum atomic E-state index is 12.5. The number of carbonyl (C=O) groups is 2. The summed E-state index contributed by atoms with van der Waals surface area (Å²) in [6.45, 7) is 0. The summed E-state index contributed by atoms with van der Waals surface area (Å²) in [6.07, 6.45) is 0.890. The minimum Gasteiger partial charge on any atom is -0.466 e. The number of benzene rings is 1. The molecule has 0 aliphatic carbocycles. The molecule has 0 saturated heterocycles. The minimum absolute atomic E-state index is 0.00378. The van der Waals surface area contributed by atoms with Crippen LogP contribution in [0.5, 0.6) is 0 Å². The van der Waals surface area contributed by atoms with E-state index in [0.717, 1.165) is 20.3 Å². The molecule has 0 bridgehead atoms. The van der Waals surface area contributed by atoms with Gasteiger partial charge >= 0.3 is 11.9 Å². The van der Waals surface area contributed by atoms with Gasteiger partial charge < -0.3 is 14.8 Å². The number of fused-ring (bicyclic) bond motifs is 1. The largest absolute Gasteiger partial charge is 0.466 e. The Morgan fingerprint density at radius 1 is 1.22 bits per heavy atom. The Morgan fingerprint density at radius 3 is 2.57 bits per heavy atom. The van der Waals surface area contributed by atoms with Crippen LogP contribution in [0.3, 0.4) is 0 Å². The van der Waals surface area contributed by atoms with E-state index in [1.807, 2.05) is 0 Å². The number of methoxy groups -OCH3 is 2. The average Bonchev–Trinajstić information content (AvgIpc) is 2.56. The molecule has 0 radical (unpaired) electrons. The molecular formula is C15H12ClNO5S. The third-order valence-electron chi connectivity index (χ3n) is 2.88. The van der Waals surface area contributed by atoms with Crippen molar-refractivity contribution in [3.05, 3.63) is 50.6 Å². The van der Waals surface area contributed by atoms with Crippen LogP contribution in [0.2, 0.25) is 4.34 Å². The summed E-state index contributed by atoms with van der Waals surface area (Å²) in [5.74, 6) is -1.60. The normalized spacial score (nSPS) is 11.2. The zero-order valence-corrected chi connectivity index (χ0v) is 13.8. The highest BCUT2D eigenvalue weighted by Crippen LogP contribution is 2.30. The van der Waals surface area contributed by atoms with E-state index in [0.29, 0.717) is 10.1 Å². The quantitative estimate of drug-likeness (QED) is 0.672. The number of nitrogens with one attached hydrogen (secondary N) is 1. The van der Waals surface area contributed by atoms with Crippen LogP contribution in [-0.2, 0) is 19.1 Å². The van der Waals surface area contributed by atoms with Crippen LogP contribution in [-0.4, -0.2) is 26.2 Å². The van der Waals surface area contributed by atoms with Gasteiger partial charge in [-0.1, -0.05) is 23.7 Å². The lowest BCUT2D eigenvalue weighted by Crippen LogP contribution is -2.19. The van der Waals surface area contributed by atoms with Gasteiger partial charge in [0.2, 0.25) is 5.43 Å². The second-order valence-electron chi connectivity index (χ2n) is 4.27. The average molecular weight is 354 g/mol. The van der Waals surface area contributed by atoms with Crippen molar-refractivity contribution in [3.8, 4) is 0 Å². The Kier molecular flexibility index (Phi) is 5.36. The van der Waals surface area contributed by atoms with Crippen LogP contribution in [0, 0.1) is 0 Å². The number of anilines is 1. The Morgan fingerprint density at radius 2 is 1.91 bits per heavy atom. The first kappa shape index (κ1) is 17.0. The second-order valence-corrected chi connectivity index (χ2v) is 5.93. The van der Waals surface area contributed by atoms with E-state index in [-0.39, 0.29) is 21.1 Å². The first-order chi connectivity index (χ1) is 11.0. The molecule has 1 heterocycles. The number of carbonyl (C=O) groups excluding carboxylic acids is 2. The van der Waals surface area contributed by atoms with Gasteiger partial charge in [-0.2, -0.15) is 0 Å². The van der Waals surface area contributed by atoms with Crippen LogP contribution in [0.25, 0.3) is 10.1 Å². The predicted molar refractivity (Wildman–Crippen MR) is 88.8 cm³/mol. The Bertz CT molecular complexity index is 859. The van der Waals surface area contributed by atoms with Gasteiger partial charge in [0.05, 0.1) is 20.3 Å². The Hall–Kier alpha value is -2.38. The highest BCUT2D eigenvalue weighted by atomic mass is 35.5. The van der Waals surface area contributed by atoms with E-state index in [1.165, 1.54) is 11.3 Å². The Balaban J connectivity index is 2.54. The number of rotatable bonds is 4. The highest BCUT2D eigenvalue weighted by Gasteiger charge is 2.18. The van der Waals surface area contributed by atoms with E-state index in [9.17, 15) is 14.4 Å². The smallest absolute Gasteiger partial charge is 0.354 e. The molecule has 2 rings (SSSR count). The van der Waals surface area contributed by atoms with E-state index in [1.54, 1.807) is 24.3 Å². The zero-order valence-electron chi connectivity index (χ0n) is 12.2. The van der Waals surface area contributed by atoms with Crippen molar-refractivity contribution in [3.63, 3.8) is 0 Å². The van der Waals surface area contributed by atoms with Crippen molar-refractivity contribution >= 4 is 50.6 Å². The lowest BCUT2D eigenvalue weighted by atomic mass is 10.2. The summed E-state index contributed by atoms with van der Waals surface area (Å²) in [4.78, 5) is 35.6. The van der Waals surface area contributed by atoms with Gasteiger partial charge in [0.15, 0.2) is 0 Å². The van der Waals surface area contributed by atoms with Gasteiger partial charge in [-0.05, 0) is 12.1 Å². The number of hydrogen-bond donors (Lipinski definition) is 1. The molecule has 0 atom stereocenters. The van der Waals surface area contributed by atoms with Crippen molar-refractivity contribution in [2.45, 2.75) is 0 Å². The maximum absolute atomic E-state index is 12.5. The fourth-order valence-electron chi connectivity index (χ4n) is 1.79. The molecular weight excluding hydrogens is 342 g/mol. The number of hydrogen-bond acceptors (Lipinski definition) is 7. The minimum atomic E-state index is -0.830. The van der Waals surface area contributed by atoms with Gasteiger partial charge in [0.25, 0.3) is 0 Å². The van der Waals surface area contributed by atoms with E-state index in [2.05, 4.69) is 14.8 Å². The molecule has 8 heteroatoms. The number of esters is 2. The molecule has 0 saturated carbocycles. The van der Waals surface area contributed by atoms with Crippen LogP contribution in [0.1, 0.15) is 0 Å². The van der Waals surface area contributed by atoms with E-state index in [4.69, 9.17) is 11.6 Å². The monoisotopic (exact) mass is 353 g/mol. The summed E-state index contributed by atoms with van der Waals surface area (Å²) in [5, 5.41) is 3.03. The molecule has 120 valence electrons. The lowest BCUT2D eigenvalue weighted by molar-refractivity contribution is -0.138. The van der Waals surface area contributed by atoms with Crippen molar-refractivity contribution in [1.82, 2.24) is 0 Å². The molecule has 2 aromatic rings. The molecule has 1 aromatic carbocycles. The maximum Gasteiger partial charge on any atom is 0.354 e. The van der Waals surface area contributed by atoms with Crippen LogP contribution >= 0.6 is 22.9 Å². The first-order valence-corrected chi connectivity index (χ1v) is 7.53. The van der Waals surface area contributed by atoms with Gasteiger partial charge in [-0.25, -0.2) is 9.59 Å². The molecule has 0 amide bonds. The molecule has 0 unspecified atom stereocenters. The van der Waals surface area contributed by atoms with Crippen molar-refractivity contribution in [2.75, 3.05) is 19.5 Å². The topological polar surface area (TPSA) is 81.7 Å². The third kappa shape index (κ3) is 3.69. The van der Waals surface area contributed by atoms with Crippen LogP contribution in [0.4, 0.5) is 5.69 Å². The lowest BCUT2D eigenvalue weighted by Gasteiger charge is -2.10. The summed E-state index contributed by atoms with van der Waals surface area (Å²) in [7, 11) is 2.32. The molecule has 1 aromatic heterocycles. The summed E-state index contributed by atoms with van der Waals surface area (Å²) < 4.78 is 9.92. The fraction of sp³-hybridized carbons (Fsp3) is 0.133. The van der Waals surface area contributed by atoms with E-state index >= 15 is 0 Å². The predicted octanol–water partition coefficient (Wildman–Crippen LogP) is 2.56. The van der Waals surface area contributed by atoms with Gasteiger partial charge in [-0.3, -0.25) is 4.79 Å². The molecule has 0 spiro atoms. The van der Waals surface area contributed by atoms with Crippen molar-refractivity contribution in [2.24, 2.45) is 0 Å². The Labute approximate surface area is 140 Å². The number of halogens is 1. The first-order valence-electron chi connectivity index (χ1n) is 6.34. The molecule has 0 aliphatic rings. The van der Waals surface area contributed by atoms with Crippen molar-refractivity contribution < 1.29 is 19.1 Å². The summed E-state index contributed by atoms with van der Waals surface area (Å²) >= 11 is 7.31. The molecule has 6 nitrogen and oxygen atoms in total. The molecule has 0 fully saturated rings. The molecule has 1 N–H and O–H groups in total. The van der Waals surface area contributed by atoms with E-state index < -0.39 is 11.9 Å². The highest BCUT2D eigenvalue weighted by molar-refractivity contribution is 7.22. The number of ether oxygens (including phenoxy) is 2. The fourth-order valence-corrected chi connectivity index (χ4v) is 3.03. The summed E-state index contributed by atoms with van der Waals surface area (Å²) in [5.41, 5.74) is -0.638. The molecule has 23 heavy (non-hydrogen) atoms. The standard InChI is InChI=1S/C15H12ClNO5S/c1-21-11(18)7-9(15(20)22-2)17-12-13(19)8-5-3-4-6-10(8)23-14(12)16/h3-7,17H,1-2H3. The summed E-state index contributed by atoms with van der Waals surface area (Å²) in [6, 6.07) is 6.93. The van der Waals surface area contributed by atoms with Gasteiger partial charge in [0, 0.05) is 10.1 Å². The van der Waals surface area contributed by atoms with Gasteiger partial charge in [-0.15, -0.1) is 11.3 Å². The zero-order chi connectivity index (χ0) is 17.0. The second kappa shape index (κ2) is 7.26. The molecule has 0 aliphatic heterocycles. The van der Waals surface area contributed by atoms with Crippen molar-refractivity contribution in [1.29, 1.82) is 0 Å². The SMILES string of the molecule is COC(=O)C=C(Nc1c(Cl)sc2ccccc2c1=O)C(=O)OC.